The van der Waals surface area contributed by atoms with E-state index in [0.29, 0.717) is 11.0 Å². The van der Waals surface area contributed by atoms with Crippen LogP contribution in [-0.2, 0) is 0 Å². The molecule has 0 aliphatic heterocycles. The average Bonchev–Trinajstić information content (AvgIpc) is 2.84. The monoisotopic (exact) mass is 257 g/mol. The number of fused-ring (bicyclic) bond motifs is 1. The van der Waals surface area contributed by atoms with Crippen molar-refractivity contribution in [1.29, 1.82) is 0 Å². The second kappa shape index (κ2) is 4.48. The van der Waals surface area contributed by atoms with Crippen molar-refractivity contribution >= 4 is 22.4 Å². The molecule has 0 spiro atoms. The van der Waals surface area contributed by atoms with Crippen molar-refractivity contribution in [3.05, 3.63) is 71.1 Å². The van der Waals surface area contributed by atoms with Crippen molar-refractivity contribution in [3.63, 3.8) is 0 Å². The highest BCUT2D eigenvalue weighted by Crippen LogP contribution is 2.29. The summed E-state index contributed by atoms with van der Waals surface area (Å²) in [5.74, 6) is 0.677. The van der Waals surface area contributed by atoms with Crippen LogP contribution in [0.5, 0.6) is 0 Å². The van der Waals surface area contributed by atoms with Crippen LogP contribution in [-0.4, -0.2) is 0 Å². The molecule has 2 nitrogen and oxygen atoms in total. The molecule has 3 heteroatoms. The number of halogens is 1. The van der Waals surface area contributed by atoms with Gasteiger partial charge in [-0.2, -0.15) is 0 Å². The standard InChI is InChI=1S/C15H12ClNO/c16-14-9-8-13(18-14)15(17)12-7-3-5-10-4-1-2-6-11(10)12/h1-9,15H,17H2. The van der Waals surface area contributed by atoms with Crippen LogP contribution in [0, 0.1) is 0 Å². The summed E-state index contributed by atoms with van der Waals surface area (Å²) < 4.78 is 5.39. The molecule has 0 saturated carbocycles. The van der Waals surface area contributed by atoms with E-state index in [-0.39, 0.29) is 6.04 Å². The van der Waals surface area contributed by atoms with Gasteiger partial charge in [0.15, 0.2) is 5.22 Å². The molecule has 1 atom stereocenters. The summed E-state index contributed by atoms with van der Waals surface area (Å²) in [6.45, 7) is 0. The van der Waals surface area contributed by atoms with Crippen LogP contribution in [0.4, 0.5) is 0 Å². The quantitative estimate of drug-likeness (QED) is 0.750. The summed E-state index contributed by atoms with van der Waals surface area (Å²) in [5, 5.41) is 2.67. The second-order valence-corrected chi connectivity index (χ2v) is 4.56. The molecular formula is C15H12ClNO. The van der Waals surface area contributed by atoms with E-state index in [1.54, 1.807) is 6.07 Å². The lowest BCUT2D eigenvalue weighted by atomic mass is 9.98. The Balaban J connectivity index is 2.14. The van der Waals surface area contributed by atoms with Gasteiger partial charge in [-0.25, -0.2) is 0 Å². The zero-order valence-corrected chi connectivity index (χ0v) is 10.4. The van der Waals surface area contributed by atoms with E-state index in [2.05, 4.69) is 18.2 Å². The van der Waals surface area contributed by atoms with Crippen molar-refractivity contribution in [2.45, 2.75) is 6.04 Å². The maximum Gasteiger partial charge on any atom is 0.193 e. The predicted octanol–water partition coefficient (Wildman–Crippen LogP) is 4.13. The molecule has 2 aromatic carbocycles. The summed E-state index contributed by atoms with van der Waals surface area (Å²) in [6, 6.07) is 17.5. The first kappa shape index (κ1) is 11.3. The van der Waals surface area contributed by atoms with E-state index in [1.807, 2.05) is 30.3 Å². The molecule has 0 amide bonds. The van der Waals surface area contributed by atoms with Crippen LogP contribution < -0.4 is 5.73 Å². The Labute approximate surface area is 110 Å². The van der Waals surface area contributed by atoms with E-state index < -0.39 is 0 Å². The van der Waals surface area contributed by atoms with Gasteiger partial charge in [0.1, 0.15) is 5.76 Å². The van der Waals surface area contributed by atoms with Crippen LogP contribution in [0.1, 0.15) is 17.4 Å². The van der Waals surface area contributed by atoms with Crippen LogP contribution in [0.2, 0.25) is 5.22 Å². The molecule has 1 unspecified atom stereocenters. The fourth-order valence-electron chi connectivity index (χ4n) is 2.17. The molecule has 1 heterocycles. The highest BCUT2D eigenvalue weighted by molar-refractivity contribution is 6.28. The van der Waals surface area contributed by atoms with Gasteiger partial charge in [0.05, 0.1) is 6.04 Å². The molecule has 18 heavy (non-hydrogen) atoms. The first-order valence-electron chi connectivity index (χ1n) is 5.74. The van der Waals surface area contributed by atoms with Gasteiger partial charge in [-0.1, -0.05) is 42.5 Å². The average molecular weight is 258 g/mol. The van der Waals surface area contributed by atoms with Gasteiger partial charge >= 0.3 is 0 Å². The van der Waals surface area contributed by atoms with E-state index in [0.717, 1.165) is 10.9 Å². The van der Waals surface area contributed by atoms with Gasteiger partial charge < -0.3 is 10.2 Å². The van der Waals surface area contributed by atoms with E-state index in [4.69, 9.17) is 21.8 Å². The van der Waals surface area contributed by atoms with E-state index in [9.17, 15) is 0 Å². The number of benzene rings is 2. The maximum absolute atomic E-state index is 6.24. The zero-order valence-electron chi connectivity index (χ0n) is 9.64. The molecule has 0 radical (unpaired) electrons. The van der Waals surface area contributed by atoms with Crippen LogP contribution in [0.3, 0.4) is 0 Å². The van der Waals surface area contributed by atoms with Crippen molar-refractivity contribution in [1.82, 2.24) is 0 Å². The molecule has 0 aliphatic rings. The van der Waals surface area contributed by atoms with Crippen molar-refractivity contribution in [3.8, 4) is 0 Å². The third kappa shape index (κ3) is 1.90. The summed E-state index contributed by atoms with van der Waals surface area (Å²) >= 11 is 5.79. The molecule has 90 valence electrons. The molecule has 3 rings (SSSR count). The normalized spacial score (nSPS) is 12.8. The van der Waals surface area contributed by atoms with Crippen molar-refractivity contribution in [2.24, 2.45) is 5.73 Å². The molecule has 2 N–H and O–H groups in total. The Bertz CT molecular complexity index is 684. The number of rotatable bonds is 2. The molecule has 0 aliphatic carbocycles. The van der Waals surface area contributed by atoms with Crippen LogP contribution >= 0.6 is 11.6 Å². The minimum Gasteiger partial charge on any atom is -0.448 e. The highest BCUT2D eigenvalue weighted by atomic mass is 35.5. The minimum atomic E-state index is -0.302. The minimum absolute atomic E-state index is 0.302. The van der Waals surface area contributed by atoms with Gasteiger partial charge in [-0.05, 0) is 40.1 Å². The van der Waals surface area contributed by atoms with Gasteiger partial charge in [-0.3, -0.25) is 0 Å². The fraction of sp³-hybridized carbons (Fsp3) is 0.0667. The summed E-state index contributed by atoms with van der Waals surface area (Å²) in [7, 11) is 0. The lowest BCUT2D eigenvalue weighted by Crippen LogP contribution is -2.11. The molecule has 0 saturated heterocycles. The number of hydrogen-bond donors (Lipinski definition) is 1. The van der Waals surface area contributed by atoms with Gasteiger partial charge in [0.25, 0.3) is 0 Å². The van der Waals surface area contributed by atoms with Crippen molar-refractivity contribution < 1.29 is 4.42 Å². The first-order valence-corrected chi connectivity index (χ1v) is 6.12. The molecule has 1 aromatic heterocycles. The highest BCUT2D eigenvalue weighted by Gasteiger charge is 2.15. The lowest BCUT2D eigenvalue weighted by molar-refractivity contribution is 0.492. The summed E-state index contributed by atoms with van der Waals surface area (Å²) in [6.07, 6.45) is 0. The van der Waals surface area contributed by atoms with Gasteiger partial charge in [0, 0.05) is 0 Å². The number of furan rings is 1. The van der Waals surface area contributed by atoms with Crippen LogP contribution in [0.15, 0.2) is 59.0 Å². The largest absolute Gasteiger partial charge is 0.448 e. The molecular weight excluding hydrogens is 246 g/mol. The number of hydrogen-bond acceptors (Lipinski definition) is 2. The summed E-state index contributed by atoms with van der Waals surface area (Å²) in [4.78, 5) is 0. The van der Waals surface area contributed by atoms with E-state index in [1.165, 1.54) is 5.39 Å². The third-order valence-corrected chi connectivity index (χ3v) is 3.26. The van der Waals surface area contributed by atoms with E-state index >= 15 is 0 Å². The Morgan fingerprint density at radius 2 is 1.72 bits per heavy atom. The van der Waals surface area contributed by atoms with Crippen LogP contribution in [0.25, 0.3) is 10.8 Å². The SMILES string of the molecule is NC(c1ccc(Cl)o1)c1cccc2ccccc12. The topological polar surface area (TPSA) is 39.2 Å². The fourth-order valence-corrected chi connectivity index (χ4v) is 2.32. The second-order valence-electron chi connectivity index (χ2n) is 4.19. The molecule has 0 fully saturated rings. The molecule has 3 aromatic rings. The molecule has 0 bridgehead atoms. The Kier molecular flexibility index (Phi) is 2.82. The first-order chi connectivity index (χ1) is 8.75. The van der Waals surface area contributed by atoms with Gasteiger partial charge in [-0.15, -0.1) is 0 Å². The predicted molar refractivity (Wildman–Crippen MR) is 73.7 cm³/mol. The number of nitrogens with two attached hydrogens (primary N) is 1. The Hall–Kier alpha value is -1.77. The smallest absolute Gasteiger partial charge is 0.193 e. The Morgan fingerprint density at radius 3 is 2.50 bits per heavy atom. The van der Waals surface area contributed by atoms with Gasteiger partial charge in [0.2, 0.25) is 0 Å². The zero-order chi connectivity index (χ0) is 12.5. The third-order valence-electron chi connectivity index (χ3n) is 3.06. The Morgan fingerprint density at radius 1 is 0.944 bits per heavy atom. The lowest BCUT2D eigenvalue weighted by Gasteiger charge is -2.12. The van der Waals surface area contributed by atoms with Crippen molar-refractivity contribution in [2.75, 3.05) is 0 Å². The summed E-state index contributed by atoms with van der Waals surface area (Å²) in [5.41, 5.74) is 7.28. The maximum atomic E-state index is 6.24.